The maximum atomic E-state index is 11.4. The summed E-state index contributed by atoms with van der Waals surface area (Å²) in [6.45, 7) is 7.80. The smallest absolute Gasteiger partial charge is 0.219 e. The predicted octanol–water partition coefficient (Wildman–Crippen LogP) is 3.54. The van der Waals surface area contributed by atoms with E-state index < -0.39 is 0 Å². The average molecular weight is 275 g/mol. The minimum absolute atomic E-state index is 0.195. The molecule has 1 amide bonds. The zero-order valence-electron chi connectivity index (χ0n) is 13.0. The first-order chi connectivity index (χ1) is 9.52. The molecule has 3 heteroatoms. The molecule has 1 saturated heterocycles. The van der Waals surface area contributed by atoms with Crippen molar-refractivity contribution in [2.75, 3.05) is 20.2 Å². The van der Waals surface area contributed by atoms with Crippen molar-refractivity contribution in [1.82, 2.24) is 4.90 Å². The van der Waals surface area contributed by atoms with Crippen molar-refractivity contribution in [3.8, 4) is 5.75 Å². The lowest BCUT2D eigenvalue weighted by Gasteiger charge is -2.32. The minimum Gasteiger partial charge on any atom is -0.496 e. The maximum Gasteiger partial charge on any atom is 0.219 e. The van der Waals surface area contributed by atoms with Crippen LogP contribution in [-0.2, 0) is 4.79 Å². The molecule has 0 N–H and O–H groups in total. The Labute approximate surface area is 121 Å². The summed E-state index contributed by atoms with van der Waals surface area (Å²) in [5.74, 6) is 2.20. The molecule has 0 atom stereocenters. The molecule has 0 aromatic heterocycles. The first-order valence-electron chi connectivity index (χ1n) is 7.46. The number of carbonyl (C=O) groups is 1. The third-order valence-corrected chi connectivity index (χ3v) is 4.29. The lowest BCUT2D eigenvalue weighted by molar-refractivity contribution is -0.129. The topological polar surface area (TPSA) is 29.5 Å². The molecule has 0 radical (unpaired) electrons. The van der Waals surface area contributed by atoms with Crippen molar-refractivity contribution in [1.29, 1.82) is 0 Å². The minimum atomic E-state index is 0.195. The van der Waals surface area contributed by atoms with E-state index >= 15 is 0 Å². The summed E-state index contributed by atoms with van der Waals surface area (Å²) in [5.41, 5.74) is 2.66. The lowest BCUT2D eigenvalue weighted by Crippen LogP contribution is -2.36. The van der Waals surface area contributed by atoms with Crippen LogP contribution in [0.1, 0.15) is 56.6 Å². The van der Waals surface area contributed by atoms with Gasteiger partial charge in [0.2, 0.25) is 5.91 Å². The zero-order chi connectivity index (χ0) is 14.7. The average Bonchev–Trinajstić information content (AvgIpc) is 2.46. The largest absolute Gasteiger partial charge is 0.496 e. The van der Waals surface area contributed by atoms with Crippen LogP contribution in [0, 0.1) is 0 Å². The Bertz CT molecular complexity index is 474. The molecule has 0 saturated carbocycles. The van der Waals surface area contributed by atoms with Gasteiger partial charge in [-0.1, -0.05) is 26.0 Å². The van der Waals surface area contributed by atoms with Gasteiger partial charge in [0.25, 0.3) is 0 Å². The molecular weight excluding hydrogens is 250 g/mol. The first-order valence-corrected chi connectivity index (χ1v) is 7.46. The van der Waals surface area contributed by atoms with Gasteiger partial charge in [0, 0.05) is 20.0 Å². The number of hydrogen-bond acceptors (Lipinski definition) is 2. The van der Waals surface area contributed by atoms with E-state index in [9.17, 15) is 4.79 Å². The third-order valence-electron chi connectivity index (χ3n) is 4.29. The van der Waals surface area contributed by atoms with Gasteiger partial charge >= 0.3 is 0 Å². The van der Waals surface area contributed by atoms with Crippen LogP contribution in [0.3, 0.4) is 0 Å². The van der Waals surface area contributed by atoms with Crippen LogP contribution in [-0.4, -0.2) is 31.0 Å². The fourth-order valence-corrected chi connectivity index (χ4v) is 2.99. The molecule has 20 heavy (non-hydrogen) atoms. The number of nitrogens with zero attached hydrogens (tertiary/aromatic N) is 1. The van der Waals surface area contributed by atoms with Gasteiger partial charge in [-0.25, -0.2) is 0 Å². The lowest BCUT2D eigenvalue weighted by atomic mass is 9.87. The van der Waals surface area contributed by atoms with Gasteiger partial charge in [0.05, 0.1) is 7.11 Å². The summed E-state index contributed by atoms with van der Waals surface area (Å²) in [6, 6.07) is 6.55. The molecule has 0 spiro atoms. The number of piperidine rings is 1. The van der Waals surface area contributed by atoms with Gasteiger partial charge < -0.3 is 9.64 Å². The van der Waals surface area contributed by atoms with E-state index in [-0.39, 0.29) is 5.91 Å². The Hall–Kier alpha value is -1.51. The van der Waals surface area contributed by atoms with Gasteiger partial charge in [0.15, 0.2) is 0 Å². The summed E-state index contributed by atoms with van der Waals surface area (Å²) in [6.07, 6.45) is 2.12. The quantitative estimate of drug-likeness (QED) is 0.844. The van der Waals surface area contributed by atoms with E-state index in [0.717, 1.165) is 31.7 Å². The highest BCUT2D eigenvalue weighted by molar-refractivity contribution is 5.73. The van der Waals surface area contributed by atoms with E-state index in [4.69, 9.17) is 4.74 Å². The van der Waals surface area contributed by atoms with Crippen molar-refractivity contribution in [3.63, 3.8) is 0 Å². The zero-order valence-corrected chi connectivity index (χ0v) is 13.0. The number of hydrogen-bond donors (Lipinski definition) is 0. The van der Waals surface area contributed by atoms with Crippen LogP contribution in [0.25, 0.3) is 0 Å². The molecule has 0 aliphatic carbocycles. The Balaban J connectivity index is 2.14. The molecule has 0 unspecified atom stereocenters. The number of likely N-dealkylation sites (tertiary alicyclic amines) is 1. The highest BCUT2D eigenvalue weighted by atomic mass is 16.5. The maximum absolute atomic E-state index is 11.4. The molecule has 1 aromatic rings. The van der Waals surface area contributed by atoms with Crippen LogP contribution in [0.15, 0.2) is 18.2 Å². The van der Waals surface area contributed by atoms with Crippen molar-refractivity contribution in [3.05, 3.63) is 29.3 Å². The van der Waals surface area contributed by atoms with Crippen LogP contribution < -0.4 is 4.74 Å². The van der Waals surface area contributed by atoms with E-state index in [0.29, 0.717) is 11.8 Å². The first kappa shape index (κ1) is 14.9. The number of rotatable bonds is 3. The van der Waals surface area contributed by atoms with E-state index in [1.165, 1.54) is 11.1 Å². The van der Waals surface area contributed by atoms with E-state index in [1.807, 2.05) is 4.90 Å². The highest BCUT2D eigenvalue weighted by Gasteiger charge is 2.22. The van der Waals surface area contributed by atoms with Crippen molar-refractivity contribution < 1.29 is 9.53 Å². The van der Waals surface area contributed by atoms with Gasteiger partial charge in [-0.05, 0) is 41.9 Å². The summed E-state index contributed by atoms with van der Waals surface area (Å²) < 4.78 is 5.44. The number of benzene rings is 1. The van der Waals surface area contributed by atoms with E-state index in [1.54, 1.807) is 14.0 Å². The highest BCUT2D eigenvalue weighted by Crippen LogP contribution is 2.34. The molecule has 1 aliphatic rings. The standard InChI is InChI=1S/C17H25NO2/c1-12(2)16-11-15(5-6-17(16)20-4)14-7-9-18(10-8-14)13(3)19/h5-6,11-12,14H,7-10H2,1-4H3. The molecule has 1 aliphatic heterocycles. The number of ether oxygens (including phenoxy) is 1. The Morgan fingerprint density at radius 2 is 1.95 bits per heavy atom. The molecule has 1 heterocycles. The second-order valence-electron chi connectivity index (χ2n) is 5.94. The number of carbonyl (C=O) groups excluding carboxylic acids is 1. The number of methoxy groups -OCH3 is 1. The summed E-state index contributed by atoms with van der Waals surface area (Å²) >= 11 is 0. The molecule has 110 valence electrons. The molecule has 2 rings (SSSR count). The fraction of sp³-hybridized carbons (Fsp3) is 0.588. The Kier molecular flexibility index (Phi) is 4.69. The molecular formula is C17H25NO2. The molecule has 1 fully saturated rings. The fourth-order valence-electron chi connectivity index (χ4n) is 2.99. The molecule has 0 bridgehead atoms. The second-order valence-corrected chi connectivity index (χ2v) is 5.94. The van der Waals surface area contributed by atoms with Crippen LogP contribution >= 0.6 is 0 Å². The Morgan fingerprint density at radius 3 is 2.45 bits per heavy atom. The third kappa shape index (κ3) is 3.14. The number of amides is 1. The van der Waals surface area contributed by atoms with Crippen molar-refractivity contribution >= 4 is 5.91 Å². The molecule has 3 nitrogen and oxygen atoms in total. The van der Waals surface area contributed by atoms with Gasteiger partial charge in [-0.15, -0.1) is 0 Å². The van der Waals surface area contributed by atoms with Gasteiger partial charge in [-0.2, -0.15) is 0 Å². The Morgan fingerprint density at radius 1 is 1.30 bits per heavy atom. The van der Waals surface area contributed by atoms with Gasteiger partial charge in [0.1, 0.15) is 5.75 Å². The summed E-state index contributed by atoms with van der Waals surface area (Å²) in [7, 11) is 1.73. The van der Waals surface area contributed by atoms with Crippen LogP contribution in [0.2, 0.25) is 0 Å². The summed E-state index contributed by atoms with van der Waals surface area (Å²) in [4.78, 5) is 13.3. The van der Waals surface area contributed by atoms with Crippen molar-refractivity contribution in [2.45, 2.75) is 45.4 Å². The van der Waals surface area contributed by atoms with E-state index in [2.05, 4.69) is 32.0 Å². The molecule has 1 aromatic carbocycles. The van der Waals surface area contributed by atoms with Crippen LogP contribution in [0.4, 0.5) is 0 Å². The van der Waals surface area contributed by atoms with Gasteiger partial charge in [-0.3, -0.25) is 4.79 Å². The SMILES string of the molecule is COc1ccc(C2CCN(C(C)=O)CC2)cc1C(C)C. The van der Waals surface area contributed by atoms with Crippen LogP contribution in [0.5, 0.6) is 5.75 Å². The second kappa shape index (κ2) is 6.29. The predicted molar refractivity (Wildman–Crippen MR) is 81.3 cm³/mol. The normalized spacial score (nSPS) is 16.6. The van der Waals surface area contributed by atoms with Crippen molar-refractivity contribution in [2.24, 2.45) is 0 Å². The monoisotopic (exact) mass is 275 g/mol. The summed E-state index contributed by atoms with van der Waals surface area (Å²) in [5, 5.41) is 0.